The molecule has 0 radical (unpaired) electrons. The zero-order chi connectivity index (χ0) is 44.4. The molecule has 2 aliphatic rings. The van der Waals surface area contributed by atoms with Gasteiger partial charge in [0, 0.05) is 27.4 Å². The Balaban J connectivity index is 0.00000156. The van der Waals surface area contributed by atoms with Gasteiger partial charge in [-0.1, -0.05) is 209 Å². The SMILES string of the molecule is CC.CC.CC(C)(c1ccccc1)c1ccc(OP2OCC3(COP(Oc4ccc(-c5ccccc5)cc4C(C)(C)c4ccccc4)OC3)CO2)c(C(C)(C)c2ccccc2)c1. The first-order valence-corrected chi connectivity index (χ1v) is 24.1. The van der Waals surface area contributed by atoms with Crippen LogP contribution in [-0.2, 0) is 34.3 Å². The van der Waals surface area contributed by atoms with Gasteiger partial charge >= 0.3 is 17.2 Å². The summed E-state index contributed by atoms with van der Waals surface area (Å²) in [7, 11) is -3.31. The average Bonchev–Trinajstić information content (AvgIpc) is 3.33. The first kappa shape index (κ1) is 47.1. The normalized spacial score (nSPS) is 19.0. The van der Waals surface area contributed by atoms with E-state index in [4.69, 9.17) is 27.1 Å². The highest BCUT2D eigenvalue weighted by molar-refractivity contribution is 7.42. The number of rotatable bonds is 11. The largest absolute Gasteiger partial charge is 0.426 e. The molecule has 0 amide bonds. The van der Waals surface area contributed by atoms with Gasteiger partial charge in [-0.15, -0.1) is 0 Å². The minimum atomic E-state index is -1.66. The highest BCUT2D eigenvalue weighted by Crippen LogP contribution is 2.55. The van der Waals surface area contributed by atoms with Crippen LogP contribution < -0.4 is 9.05 Å². The van der Waals surface area contributed by atoms with Gasteiger partial charge in [-0.05, 0) is 51.6 Å². The summed E-state index contributed by atoms with van der Waals surface area (Å²) in [5.41, 5.74) is 7.89. The topological polar surface area (TPSA) is 55.4 Å². The quantitative estimate of drug-likeness (QED) is 0.121. The molecule has 2 aliphatic heterocycles. The third-order valence-corrected chi connectivity index (χ3v) is 13.9. The maximum absolute atomic E-state index is 6.64. The van der Waals surface area contributed by atoms with Crippen molar-refractivity contribution >= 4 is 17.2 Å². The molecular formula is C54H64O6P2. The second-order valence-corrected chi connectivity index (χ2v) is 19.3. The van der Waals surface area contributed by atoms with E-state index in [1.807, 2.05) is 45.9 Å². The van der Waals surface area contributed by atoms with Crippen molar-refractivity contribution in [2.75, 3.05) is 26.4 Å². The summed E-state index contributed by atoms with van der Waals surface area (Å²) in [5, 5.41) is 0. The molecule has 326 valence electrons. The first-order chi connectivity index (χ1) is 29.9. The molecule has 0 saturated carbocycles. The van der Waals surface area contributed by atoms with Crippen LogP contribution in [0.25, 0.3) is 11.1 Å². The van der Waals surface area contributed by atoms with Crippen LogP contribution in [0.1, 0.15) is 103 Å². The van der Waals surface area contributed by atoms with Crippen molar-refractivity contribution < 1.29 is 27.1 Å². The molecule has 6 nitrogen and oxygen atoms in total. The van der Waals surface area contributed by atoms with Gasteiger partial charge in [0.2, 0.25) is 0 Å². The van der Waals surface area contributed by atoms with Crippen molar-refractivity contribution in [1.82, 2.24) is 0 Å². The maximum atomic E-state index is 6.64. The van der Waals surface area contributed by atoms with Crippen LogP contribution in [0, 0.1) is 5.41 Å². The lowest BCUT2D eigenvalue weighted by molar-refractivity contribution is -0.0673. The van der Waals surface area contributed by atoms with Crippen LogP contribution in [0.2, 0.25) is 0 Å². The first-order valence-electron chi connectivity index (χ1n) is 21.9. The fourth-order valence-electron chi connectivity index (χ4n) is 7.79. The summed E-state index contributed by atoms with van der Waals surface area (Å²) in [4.78, 5) is 0. The molecule has 1 spiro atoms. The second-order valence-electron chi connectivity index (χ2n) is 17.0. The Morgan fingerprint density at radius 3 is 1.16 bits per heavy atom. The molecule has 2 saturated heterocycles. The van der Waals surface area contributed by atoms with Crippen LogP contribution in [0.15, 0.2) is 158 Å². The van der Waals surface area contributed by atoms with Crippen molar-refractivity contribution in [3.8, 4) is 22.6 Å². The molecule has 2 fully saturated rings. The van der Waals surface area contributed by atoms with Gasteiger partial charge in [0.1, 0.15) is 11.5 Å². The van der Waals surface area contributed by atoms with Gasteiger partial charge in [0.25, 0.3) is 0 Å². The predicted molar refractivity (Wildman–Crippen MR) is 258 cm³/mol. The average molecular weight is 871 g/mol. The molecule has 0 aromatic heterocycles. The molecule has 2 heterocycles. The summed E-state index contributed by atoms with van der Waals surface area (Å²) in [6.45, 7) is 23.0. The molecule has 8 heteroatoms. The monoisotopic (exact) mass is 870 g/mol. The van der Waals surface area contributed by atoms with Gasteiger partial charge in [-0.2, -0.15) is 0 Å². The lowest BCUT2D eigenvalue weighted by atomic mass is 9.73. The third kappa shape index (κ3) is 10.5. The molecular weight excluding hydrogens is 807 g/mol. The van der Waals surface area contributed by atoms with Crippen LogP contribution >= 0.6 is 17.2 Å². The Bertz CT molecular complexity index is 2280. The molecule has 0 N–H and O–H groups in total. The standard InChI is InChI=1S/C50H52O6P2.2C2H6/c1-47(2,39-21-13-8-14-22-39)42-28-30-46(44(32-42)49(5,6)41-25-17-10-18-26-41)56-58-53-35-50(36-54-58)33-51-57(52-34-50)55-45-29-27-38(37-19-11-7-12-20-37)31-43(45)48(3,4)40-23-15-9-16-24-40;2*1-2/h7-32H,33-36H2,1-6H3;2*1-2H3. The highest BCUT2D eigenvalue weighted by Gasteiger charge is 2.45. The van der Waals surface area contributed by atoms with Gasteiger partial charge in [0.05, 0.1) is 31.8 Å². The van der Waals surface area contributed by atoms with E-state index in [2.05, 4.69) is 181 Å². The highest BCUT2D eigenvalue weighted by atomic mass is 31.2. The summed E-state index contributed by atoms with van der Waals surface area (Å²) in [6.07, 6.45) is 0. The summed E-state index contributed by atoms with van der Waals surface area (Å²) >= 11 is 0. The van der Waals surface area contributed by atoms with E-state index in [9.17, 15) is 0 Å². The minimum Gasteiger partial charge on any atom is -0.426 e. The molecule has 62 heavy (non-hydrogen) atoms. The van der Waals surface area contributed by atoms with Gasteiger partial charge in [-0.3, -0.25) is 0 Å². The Morgan fingerprint density at radius 2 is 0.742 bits per heavy atom. The van der Waals surface area contributed by atoms with E-state index in [0.717, 1.165) is 33.8 Å². The maximum Gasteiger partial charge on any atom is 0.397 e. The van der Waals surface area contributed by atoms with Gasteiger partial charge in [-0.25, -0.2) is 0 Å². The van der Waals surface area contributed by atoms with Crippen LogP contribution in [0.4, 0.5) is 0 Å². The van der Waals surface area contributed by atoms with Crippen molar-refractivity contribution in [1.29, 1.82) is 0 Å². The van der Waals surface area contributed by atoms with E-state index in [-0.39, 0.29) is 16.2 Å². The number of benzene rings is 6. The fourth-order valence-corrected chi connectivity index (χ4v) is 10.3. The molecule has 0 unspecified atom stereocenters. The van der Waals surface area contributed by atoms with E-state index in [1.165, 1.54) is 22.3 Å². The third-order valence-electron chi connectivity index (χ3n) is 11.9. The smallest absolute Gasteiger partial charge is 0.397 e. The summed E-state index contributed by atoms with van der Waals surface area (Å²) in [6, 6.07) is 55.1. The number of hydrogen-bond acceptors (Lipinski definition) is 6. The van der Waals surface area contributed by atoms with Crippen molar-refractivity contribution in [2.24, 2.45) is 5.41 Å². The zero-order valence-electron chi connectivity index (χ0n) is 38.2. The van der Waals surface area contributed by atoms with Gasteiger partial charge < -0.3 is 27.1 Å². The van der Waals surface area contributed by atoms with E-state index in [0.29, 0.717) is 26.4 Å². The summed E-state index contributed by atoms with van der Waals surface area (Å²) in [5.74, 6) is 1.50. The lowest BCUT2D eigenvalue weighted by Gasteiger charge is -2.41. The lowest BCUT2D eigenvalue weighted by Crippen LogP contribution is -2.45. The van der Waals surface area contributed by atoms with Crippen LogP contribution in [0.5, 0.6) is 11.5 Å². The minimum absolute atomic E-state index is 0.216. The van der Waals surface area contributed by atoms with E-state index < -0.39 is 22.6 Å². The Hall–Kier alpha value is -4.38. The second kappa shape index (κ2) is 20.9. The molecule has 8 rings (SSSR count). The molecule has 0 aliphatic carbocycles. The fraction of sp³-hybridized carbons (Fsp3) is 0.333. The zero-order valence-corrected chi connectivity index (χ0v) is 40.0. The molecule has 0 bridgehead atoms. The van der Waals surface area contributed by atoms with Crippen LogP contribution in [0.3, 0.4) is 0 Å². The summed E-state index contributed by atoms with van der Waals surface area (Å²) < 4.78 is 38.6. The Kier molecular flexibility index (Phi) is 15.9. The van der Waals surface area contributed by atoms with E-state index in [1.54, 1.807) is 0 Å². The molecule has 0 atom stereocenters. The van der Waals surface area contributed by atoms with Crippen molar-refractivity contribution in [3.05, 3.63) is 191 Å². The van der Waals surface area contributed by atoms with Crippen molar-refractivity contribution in [2.45, 2.75) is 85.5 Å². The number of hydrogen-bond donors (Lipinski definition) is 0. The Labute approximate surface area is 373 Å². The van der Waals surface area contributed by atoms with Crippen molar-refractivity contribution in [3.63, 3.8) is 0 Å². The molecule has 6 aromatic rings. The Morgan fingerprint density at radius 1 is 0.387 bits per heavy atom. The van der Waals surface area contributed by atoms with Gasteiger partial charge in [0.15, 0.2) is 0 Å². The van der Waals surface area contributed by atoms with E-state index >= 15 is 0 Å². The predicted octanol–water partition coefficient (Wildman–Crippen LogP) is 15.4. The van der Waals surface area contributed by atoms with Crippen LogP contribution in [-0.4, -0.2) is 26.4 Å². The molecule has 6 aromatic carbocycles.